The number of methoxy groups -OCH3 is 1. The largest absolute Gasteiger partial charge is 0.497 e. The molecule has 3 nitrogen and oxygen atoms in total. The lowest BCUT2D eigenvalue weighted by molar-refractivity contribution is -0.00960. The molecule has 0 spiro atoms. The molecule has 0 bridgehead atoms. The maximum atomic E-state index is 5.55. The van der Waals surface area contributed by atoms with E-state index in [-0.39, 0.29) is 0 Å². The van der Waals surface area contributed by atoms with Crippen molar-refractivity contribution >= 4 is 0 Å². The van der Waals surface area contributed by atoms with Crippen LogP contribution < -0.4 is 10.1 Å². The van der Waals surface area contributed by atoms with Gasteiger partial charge in [-0.3, -0.25) is 0 Å². The second kappa shape index (κ2) is 6.76. The van der Waals surface area contributed by atoms with Crippen molar-refractivity contribution in [1.82, 2.24) is 5.32 Å². The van der Waals surface area contributed by atoms with Gasteiger partial charge in [0, 0.05) is 12.6 Å². The van der Waals surface area contributed by atoms with Gasteiger partial charge in [-0.1, -0.05) is 12.1 Å². The van der Waals surface area contributed by atoms with E-state index < -0.39 is 0 Å². The van der Waals surface area contributed by atoms with Crippen LogP contribution in [0, 0.1) is 0 Å². The minimum Gasteiger partial charge on any atom is -0.497 e. The molecule has 0 heterocycles. The van der Waals surface area contributed by atoms with Crippen LogP contribution >= 0.6 is 0 Å². The Hall–Kier alpha value is -1.06. The van der Waals surface area contributed by atoms with Gasteiger partial charge in [0.05, 0.1) is 13.2 Å². The molecule has 1 aliphatic rings. The van der Waals surface area contributed by atoms with E-state index in [1.165, 1.54) is 5.56 Å². The molecular formula is C15H23NO2. The number of nitrogens with one attached hydrogen (secondary N) is 1. The van der Waals surface area contributed by atoms with Crippen molar-refractivity contribution in [3.05, 3.63) is 29.8 Å². The minimum atomic E-state index is 0.490. The van der Waals surface area contributed by atoms with E-state index in [9.17, 15) is 0 Å². The van der Waals surface area contributed by atoms with Crippen LogP contribution in [-0.2, 0) is 11.2 Å². The Bertz CT molecular complexity index is 361. The van der Waals surface area contributed by atoms with Crippen molar-refractivity contribution in [3.63, 3.8) is 0 Å². The van der Waals surface area contributed by atoms with E-state index in [2.05, 4.69) is 24.4 Å². The molecule has 1 saturated carbocycles. The molecule has 0 amide bonds. The number of ether oxygens (including phenoxy) is 2. The molecule has 1 fully saturated rings. The van der Waals surface area contributed by atoms with Gasteiger partial charge in [0.2, 0.25) is 0 Å². The zero-order valence-corrected chi connectivity index (χ0v) is 11.3. The summed E-state index contributed by atoms with van der Waals surface area (Å²) in [5.41, 5.74) is 1.32. The summed E-state index contributed by atoms with van der Waals surface area (Å²) in [6.45, 7) is 3.92. The summed E-state index contributed by atoms with van der Waals surface area (Å²) in [6, 6.07) is 8.92. The highest BCUT2D eigenvalue weighted by molar-refractivity contribution is 5.28. The summed E-state index contributed by atoms with van der Waals surface area (Å²) in [5.74, 6) is 0.938. The zero-order chi connectivity index (χ0) is 12.8. The molecule has 0 aliphatic heterocycles. The predicted molar refractivity (Wildman–Crippen MR) is 73.1 cm³/mol. The van der Waals surface area contributed by atoms with E-state index in [0.29, 0.717) is 12.1 Å². The fourth-order valence-corrected chi connectivity index (χ4v) is 2.35. The maximum Gasteiger partial charge on any atom is 0.119 e. The number of hydrogen-bond acceptors (Lipinski definition) is 3. The highest BCUT2D eigenvalue weighted by atomic mass is 16.5. The lowest BCUT2D eigenvalue weighted by Gasteiger charge is -2.35. The first kappa shape index (κ1) is 13.4. The van der Waals surface area contributed by atoms with Crippen LogP contribution in [-0.4, -0.2) is 32.4 Å². The van der Waals surface area contributed by atoms with Crippen molar-refractivity contribution < 1.29 is 9.47 Å². The molecule has 1 aliphatic carbocycles. The third kappa shape index (κ3) is 3.72. The summed E-state index contributed by atoms with van der Waals surface area (Å²) < 4.78 is 10.8. The van der Waals surface area contributed by atoms with Crippen molar-refractivity contribution in [2.24, 2.45) is 0 Å². The monoisotopic (exact) mass is 249 g/mol. The van der Waals surface area contributed by atoms with Gasteiger partial charge >= 0.3 is 0 Å². The number of hydrogen-bond donors (Lipinski definition) is 1. The quantitative estimate of drug-likeness (QED) is 0.805. The SMILES string of the molecule is CCOC1CC(NCCc2cccc(OC)c2)C1. The molecular weight excluding hydrogens is 226 g/mol. The zero-order valence-electron chi connectivity index (χ0n) is 11.3. The van der Waals surface area contributed by atoms with E-state index in [1.807, 2.05) is 12.1 Å². The predicted octanol–water partition coefficient (Wildman–Crippen LogP) is 2.39. The molecule has 1 N–H and O–H groups in total. The lowest BCUT2D eigenvalue weighted by atomic mass is 9.89. The average Bonchev–Trinajstić information content (AvgIpc) is 2.36. The third-order valence-electron chi connectivity index (χ3n) is 3.48. The van der Waals surface area contributed by atoms with Gasteiger partial charge < -0.3 is 14.8 Å². The summed E-state index contributed by atoms with van der Waals surface area (Å²) in [4.78, 5) is 0. The van der Waals surface area contributed by atoms with Gasteiger partial charge in [0.1, 0.15) is 5.75 Å². The number of rotatable bonds is 7. The molecule has 1 aromatic rings. The molecule has 0 atom stereocenters. The van der Waals surface area contributed by atoms with Gasteiger partial charge in [-0.05, 0) is 50.4 Å². The van der Waals surface area contributed by atoms with Crippen molar-refractivity contribution in [2.75, 3.05) is 20.3 Å². The first-order valence-electron chi connectivity index (χ1n) is 6.79. The molecule has 18 heavy (non-hydrogen) atoms. The van der Waals surface area contributed by atoms with Gasteiger partial charge in [0.25, 0.3) is 0 Å². The molecule has 100 valence electrons. The second-order valence-corrected chi connectivity index (χ2v) is 4.80. The van der Waals surface area contributed by atoms with Crippen LogP contribution in [0.3, 0.4) is 0 Å². The number of benzene rings is 1. The second-order valence-electron chi connectivity index (χ2n) is 4.80. The van der Waals surface area contributed by atoms with E-state index in [0.717, 1.165) is 38.2 Å². The van der Waals surface area contributed by atoms with Gasteiger partial charge in [-0.2, -0.15) is 0 Å². The lowest BCUT2D eigenvalue weighted by Crippen LogP contribution is -2.46. The third-order valence-corrected chi connectivity index (χ3v) is 3.48. The smallest absolute Gasteiger partial charge is 0.119 e. The fraction of sp³-hybridized carbons (Fsp3) is 0.600. The summed E-state index contributed by atoms with van der Waals surface area (Å²) in [6.07, 6.45) is 3.86. The van der Waals surface area contributed by atoms with Crippen LogP contribution in [0.5, 0.6) is 5.75 Å². The Morgan fingerprint density at radius 1 is 1.33 bits per heavy atom. The highest BCUT2D eigenvalue weighted by Crippen LogP contribution is 2.23. The Morgan fingerprint density at radius 2 is 2.17 bits per heavy atom. The topological polar surface area (TPSA) is 30.5 Å². The summed E-state index contributed by atoms with van der Waals surface area (Å²) in [5, 5.41) is 3.57. The van der Waals surface area contributed by atoms with Crippen LogP contribution in [0.4, 0.5) is 0 Å². The van der Waals surface area contributed by atoms with E-state index >= 15 is 0 Å². The van der Waals surface area contributed by atoms with Crippen LogP contribution in [0.25, 0.3) is 0 Å². The van der Waals surface area contributed by atoms with Crippen LogP contribution in [0.1, 0.15) is 25.3 Å². The van der Waals surface area contributed by atoms with Crippen LogP contribution in [0.15, 0.2) is 24.3 Å². The molecule has 1 aromatic carbocycles. The molecule has 0 unspecified atom stereocenters. The molecule has 3 heteroatoms. The molecule has 0 aromatic heterocycles. The summed E-state index contributed by atoms with van der Waals surface area (Å²) in [7, 11) is 1.71. The summed E-state index contributed by atoms with van der Waals surface area (Å²) >= 11 is 0. The van der Waals surface area contributed by atoms with E-state index in [1.54, 1.807) is 7.11 Å². The van der Waals surface area contributed by atoms with Crippen molar-refractivity contribution in [1.29, 1.82) is 0 Å². The first-order chi connectivity index (χ1) is 8.81. The van der Waals surface area contributed by atoms with Gasteiger partial charge in [-0.15, -0.1) is 0 Å². The Balaban J connectivity index is 1.64. The molecule has 0 radical (unpaired) electrons. The van der Waals surface area contributed by atoms with E-state index in [4.69, 9.17) is 9.47 Å². The van der Waals surface area contributed by atoms with Gasteiger partial charge in [-0.25, -0.2) is 0 Å². The Kier molecular flexibility index (Phi) is 5.02. The molecule has 0 saturated heterocycles. The fourth-order valence-electron chi connectivity index (χ4n) is 2.35. The highest BCUT2D eigenvalue weighted by Gasteiger charge is 2.28. The standard InChI is InChI=1S/C15H23NO2/c1-3-18-15-10-13(11-15)16-8-7-12-5-4-6-14(9-12)17-2/h4-6,9,13,15-16H,3,7-8,10-11H2,1-2H3. The first-order valence-corrected chi connectivity index (χ1v) is 6.79. The Labute approximate surface area is 109 Å². The van der Waals surface area contributed by atoms with Gasteiger partial charge in [0.15, 0.2) is 0 Å². The van der Waals surface area contributed by atoms with Crippen molar-refractivity contribution in [2.45, 2.75) is 38.3 Å². The minimum absolute atomic E-state index is 0.490. The molecule has 2 rings (SSSR count). The maximum absolute atomic E-state index is 5.55. The Morgan fingerprint density at radius 3 is 2.89 bits per heavy atom. The van der Waals surface area contributed by atoms with Crippen molar-refractivity contribution in [3.8, 4) is 5.75 Å². The van der Waals surface area contributed by atoms with Crippen LogP contribution in [0.2, 0.25) is 0 Å². The average molecular weight is 249 g/mol. The normalized spacial score (nSPS) is 22.6.